The number of piperidine rings is 1. The number of hydrogen-bond donors (Lipinski definition) is 1. The molecule has 1 amide bonds. The number of likely N-dealkylation sites (tertiary alicyclic amines) is 2. The molecule has 104 valence electrons. The molecule has 2 heterocycles. The second kappa shape index (κ2) is 7.10. The zero-order valence-electron chi connectivity index (χ0n) is 11.7. The molecule has 0 aromatic rings. The molecule has 0 aromatic heterocycles. The number of rotatable bonds is 5. The molecule has 0 aliphatic carbocycles. The molecule has 18 heavy (non-hydrogen) atoms. The van der Waals surface area contributed by atoms with E-state index in [-0.39, 0.29) is 5.91 Å². The van der Waals surface area contributed by atoms with E-state index in [4.69, 9.17) is 0 Å². The average molecular weight is 253 g/mol. The summed E-state index contributed by atoms with van der Waals surface area (Å²) < 4.78 is 0. The maximum Gasteiger partial charge on any atom is 0.236 e. The first kappa shape index (κ1) is 13.8. The molecule has 2 saturated heterocycles. The SMILES string of the molecule is CC(CNCC(=O)N1CCCC1)N1CCCCC1. The molecular weight excluding hydrogens is 226 g/mol. The van der Waals surface area contributed by atoms with Crippen LogP contribution >= 0.6 is 0 Å². The van der Waals surface area contributed by atoms with Crippen molar-refractivity contribution in [1.82, 2.24) is 15.1 Å². The monoisotopic (exact) mass is 253 g/mol. The lowest BCUT2D eigenvalue weighted by Crippen LogP contribution is -2.45. The van der Waals surface area contributed by atoms with Crippen LogP contribution in [-0.4, -0.2) is 61.0 Å². The van der Waals surface area contributed by atoms with E-state index in [0.717, 1.165) is 19.6 Å². The summed E-state index contributed by atoms with van der Waals surface area (Å²) in [6.45, 7) is 8.08. The van der Waals surface area contributed by atoms with Crippen molar-refractivity contribution in [3.05, 3.63) is 0 Å². The molecule has 0 bridgehead atoms. The van der Waals surface area contributed by atoms with Crippen LogP contribution in [0.4, 0.5) is 0 Å². The Hall–Kier alpha value is -0.610. The highest BCUT2D eigenvalue weighted by molar-refractivity contribution is 5.78. The van der Waals surface area contributed by atoms with E-state index in [9.17, 15) is 4.79 Å². The predicted octanol–water partition coefficient (Wildman–Crippen LogP) is 1.07. The number of carbonyl (C=O) groups is 1. The van der Waals surface area contributed by atoms with Crippen LogP contribution in [0.3, 0.4) is 0 Å². The molecule has 1 unspecified atom stereocenters. The Balaban J connectivity index is 1.60. The summed E-state index contributed by atoms with van der Waals surface area (Å²) in [5.74, 6) is 0.276. The first-order valence-corrected chi connectivity index (χ1v) is 7.50. The predicted molar refractivity (Wildman–Crippen MR) is 73.6 cm³/mol. The standard InChI is InChI=1S/C14H27N3O/c1-13(16-7-3-2-4-8-16)11-15-12-14(18)17-9-5-6-10-17/h13,15H,2-12H2,1H3. The average Bonchev–Trinajstić information content (AvgIpc) is 2.93. The molecule has 2 aliphatic rings. The van der Waals surface area contributed by atoms with Crippen LogP contribution in [0.15, 0.2) is 0 Å². The summed E-state index contributed by atoms with van der Waals surface area (Å²) in [6, 6.07) is 0.552. The van der Waals surface area contributed by atoms with Crippen molar-refractivity contribution < 1.29 is 4.79 Å². The molecular formula is C14H27N3O. The molecule has 2 aliphatic heterocycles. The van der Waals surface area contributed by atoms with Crippen LogP contribution in [-0.2, 0) is 4.79 Å². The van der Waals surface area contributed by atoms with Gasteiger partial charge in [0.2, 0.25) is 5.91 Å². The highest BCUT2D eigenvalue weighted by atomic mass is 16.2. The van der Waals surface area contributed by atoms with Crippen LogP contribution in [0.2, 0.25) is 0 Å². The van der Waals surface area contributed by atoms with Crippen molar-refractivity contribution in [2.24, 2.45) is 0 Å². The number of hydrogen-bond acceptors (Lipinski definition) is 3. The third-order valence-electron chi connectivity index (χ3n) is 4.19. The summed E-state index contributed by atoms with van der Waals surface area (Å²) >= 11 is 0. The van der Waals surface area contributed by atoms with E-state index in [0.29, 0.717) is 12.6 Å². The minimum absolute atomic E-state index is 0.276. The second-order valence-electron chi connectivity index (χ2n) is 5.66. The highest BCUT2D eigenvalue weighted by Crippen LogP contribution is 2.11. The lowest BCUT2D eigenvalue weighted by molar-refractivity contribution is -0.129. The Kier molecular flexibility index (Phi) is 5.45. The molecule has 2 rings (SSSR count). The molecule has 1 N–H and O–H groups in total. The summed E-state index contributed by atoms with van der Waals surface area (Å²) in [7, 11) is 0. The minimum Gasteiger partial charge on any atom is -0.342 e. The van der Waals surface area contributed by atoms with Crippen LogP contribution in [0.5, 0.6) is 0 Å². The first-order valence-electron chi connectivity index (χ1n) is 7.50. The van der Waals surface area contributed by atoms with Gasteiger partial charge in [-0.3, -0.25) is 9.69 Å². The molecule has 4 heteroatoms. The highest BCUT2D eigenvalue weighted by Gasteiger charge is 2.19. The topological polar surface area (TPSA) is 35.6 Å². The van der Waals surface area contributed by atoms with Gasteiger partial charge in [0.25, 0.3) is 0 Å². The van der Waals surface area contributed by atoms with Gasteiger partial charge in [-0.05, 0) is 45.7 Å². The second-order valence-corrected chi connectivity index (χ2v) is 5.66. The van der Waals surface area contributed by atoms with Crippen LogP contribution < -0.4 is 5.32 Å². The fourth-order valence-electron chi connectivity index (χ4n) is 2.95. The Labute approximate surface area is 111 Å². The Morgan fingerprint density at radius 1 is 1.06 bits per heavy atom. The fourth-order valence-corrected chi connectivity index (χ4v) is 2.95. The third-order valence-corrected chi connectivity index (χ3v) is 4.19. The Bertz CT molecular complexity index is 258. The third kappa shape index (κ3) is 3.95. The van der Waals surface area contributed by atoms with E-state index < -0.39 is 0 Å². The number of nitrogens with one attached hydrogen (secondary N) is 1. The van der Waals surface area contributed by atoms with Crippen molar-refractivity contribution in [3.63, 3.8) is 0 Å². The minimum atomic E-state index is 0.276. The van der Waals surface area contributed by atoms with E-state index in [1.807, 2.05) is 4.90 Å². The quantitative estimate of drug-likeness (QED) is 0.796. The van der Waals surface area contributed by atoms with Gasteiger partial charge in [0.15, 0.2) is 0 Å². The van der Waals surface area contributed by atoms with Gasteiger partial charge in [-0.15, -0.1) is 0 Å². The molecule has 0 aromatic carbocycles. The van der Waals surface area contributed by atoms with Gasteiger partial charge < -0.3 is 10.2 Å². The summed E-state index contributed by atoms with van der Waals surface area (Å²) in [5.41, 5.74) is 0. The Morgan fingerprint density at radius 3 is 2.33 bits per heavy atom. The number of nitrogens with zero attached hydrogens (tertiary/aromatic N) is 2. The smallest absolute Gasteiger partial charge is 0.236 e. The van der Waals surface area contributed by atoms with Gasteiger partial charge in [-0.1, -0.05) is 6.42 Å². The molecule has 2 fully saturated rings. The van der Waals surface area contributed by atoms with Crippen molar-refractivity contribution >= 4 is 5.91 Å². The zero-order chi connectivity index (χ0) is 12.8. The maximum absolute atomic E-state index is 11.9. The van der Waals surface area contributed by atoms with Crippen LogP contribution in [0.1, 0.15) is 39.0 Å². The van der Waals surface area contributed by atoms with Crippen molar-refractivity contribution in [2.45, 2.75) is 45.1 Å². The molecule has 4 nitrogen and oxygen atoms in total. The van der Waals surface area contributed by atoms with Crippen molar-refractivity contribution in [1.29, 1.82) is 0 Å². The van der Waals surface area contributed by atoms with Crippen LogP contribution in [0, 0.1) is 0 Å². The first-order chi connectivity index (χ1) is 8.77. The van der Waals surface area contributed by atoms with E-state index in [1.54, 1.807) is 0 Å². The molecule has 0 radical (unpaired) electrons. The normalized spacial score (nSPS) is 23.3. The summed E-state index contributed by atoms with van der Waals surface area (Å²) in [4.78, 5) is 16.4. The van der Waals surface area contributed by atoms with Gasteiger partial charge in [0, 0.05) is 25.7 Å². The van der Waals surface area contributed by atoms with Gasteiger partial charge in [-0.25, -0.2) is 0 Å². The Morgan fingerprint density at radius 2 is 1.67 bits per heavy atom. The summed E-state index contributed by atoms with van der Waals surface area (Å²) in [5, 5.41) is 3.33. The lowest BCUT2D eigenvalue weighted by atomic mass is 10.1. The van der Waals surface area contributed by atoms with Crippen molar-refractivity contribution in [2.75, 3.05) is 39.3 Å². The molecule has 0 spiro atoms. The van der Waals surface area contributed by atoms with Crippen LogP contribution in [0.25, 0.3) is 0 Å². The summed E-state index contributed by atoms with van der Waals surface area (Å²) in [6.07, 6.45) is 6.39. The van der Waals surface area contributed by atoms with E-state index >= 15 is 0 Å². The van der Waals surface area contributed by atoms with Gasteiger partial charge in [-0.2, -0.15) is 0 Å². The lowest BCUT2D eigenvalue weighted by Gasteiger charge is -2.32. The van der Waals surface area contributed by atoms with Gasteiger partial charge in [0.05, 0.1) is 6.54 Å². The van der Waals surface area contributed by atoms with Gasteiger partial charge in [0.1, 0.15) is 0 Å². The largest absolute Gasteiger partial charge is 0.342 e. The molecule has 0 saturated carbocycles. The van der Waals surface area contributed by atoms with E-state index in [1.165, 1.54) is 45.2 Å². The molecule has 1 atom stereocenters. The van der Waals surface area contributed by atoms with Crippen molar-refractivity contribution in [3.8, 4) is 0 Å². The number of carbonyl (C=O) groups excluding carboxylic acids is 1. The maximum atomic E-state index is 11.9. The van der Waals surface area contributed by atoms with E-state index in [2.05, 4.69) is 17.1 Å². The zero-order valence-corrected chi connectivity index (χ0v) is 11.7. The fraction of sp³-hybridized carbons (Fsp3) is 0.929. The number of amides is 1. The van der Waals surface area contributed by atoms with Gasteiger partial charge >= 0.3 is 0 Å².